The zero-order valence-corrected chi connectivity index (χ0v) is 13.9. The number of aliphatic imine (C=N–C) groups is 1. The van der Waals surface area contributed by atoms with E-state index < -0.39 is 0 Å². The number of ether oxygens (including phenoxy) is 1. The van der Waals surface area contributed by atoms with Gasteiger partial charge in [-0.1, -0.05) is 12.1 Å². The third kappa shape index (κ3) is 5.21. The van der Waals surface area contributed by atoms with E-state index in [1.165, 1.54) is 11.3 Å². The molecule has 0 bridgehead atoms. The lowest BCUT2D eigenvalue weighted by Gasteiger charge is -2.12. The van der Waals surface area contributed by atoms with E-state index in [0.717, 1.165) is 17.9 Å². The van der Waals surface area contributed by atoms with Crippen molar-refractivity contribution in [3.8, 4) is 5.75 Å². The lowest BCUT2D eigenvalue weighted by atomic mass is 10.1. The van der Waals surface area contributed by atoms with Gasteiger partial charge < -0.3 is 20.7 Å². The number of hydrogen-bond acceptors (Lipinski definition) is 3. The van der Waals surface area contributed by atoms with Gasteiger partial charge in [-0.3, -0.25) is 4.99 Å². The summed E-state index contributed by atoms with van der Waals surface area (Å²) in [5, 5.41) is 3.07. The molecular formula is C18H24N4O. The van der Waals surface area contributed by atoms with E-state index in [2.05, 4.69) is 39.5 Å². The van der Waals surface area contributed by atoms with Crippen molar-refractivity contribution in [3.63, 3.8) is 0 Å². The predicted molar refractivity (Wildman–Crippen MR) is 97.6 cm³/mol. The molecule has 0 saturated carbocycles. The van der Waals surface area contributed by atoms with Crippen LogP contribution >= 0.6 is 0 Å². The summed E-state index contributed by atoms with van der Waals surface area (Å²) < 4.78 is 5.12. The fraction of sp³-hybridized carbons (Fsp3) is 0.278. The Bertz CT molecular complexity index is 633. The normalized spacial score (nSPS) is 11.2. The van der Waals surface area contributed by atoms with Crippen molar-refractivity contribution in [2.24, 2.45) is 10.7 Å². The van der Waals surface area contributed by atoms with Crippen molar-refractivity contribution >= 4 is 17.3 Å². The predicted octanol–water partition coefficient (Wildman–Crippen LogP) is 2.73. The number of methoxy groups -OCH3 is 1. The minimum absolute atomic E-state index is 0.417. The molecule has 122 valence electrons. The van der Waals surface area contributed by atoms with Crippen LogP contribution in [0.2, 0.25) is 0 Å². The van der Waals surface area contributed by atoms with Gasteiger partial charge in [-0.2, -0.15) is 0 Å². The molecule has 0 aliphatic heterocycles. The Balaban J connectivity index is 1.84. The maximum absolute atomic E-state index is 5.91. The summed E-state index contributed by atoms with van der Waals surface area (Å²) in [5.74, 6) is 1.23. The van der Waals surface area contributed by atoms with Crippen LogP contribution in [0.3, 0.4) is 0 Å². The van der Waals surface area contributed by atoms with Gasteiger partial charge in [0, 0.05) is 32.0 Å². The number of guanidine groups is 1. The van der Waals surface area contributed by atoms with E-state index in [9.17, 15) is 0 Å². The summed E-state index contributed by atoms with van der Waals surface area (Å²) in [7, 11) is 5.71. The van der Waals surface area contributed by atoms with Crippen molar-refractivity contribution in [2.45, 2.75) is 6.42 Å². The van der Waals surface area contributed by atoms with E-state index in [-0.39, 0.29) is 0 Å². The third-order valence-electron chi connectivity index (χ3n) is 3.50. The largest absolute Gasteiger partial charge is 0.497 e. The highest BCUT2D eigenvalue weighted by atomic mass is 16.5. The van der Waals surface area contributed by atoms with E-state index >= 15 is 0 Å². The maximum Gasteiger partial charge on any atom is 0.193 e. The highest BCUT2D eigenvalue weighted by Crippen LogP contribution is 2.15. The summed E-state index contributed by atoms with van der Waals surface area (Å²) >= 11 is 0. The molecule has 0 amide bonds. The first kappa shape index (κ1) is 16.7. The summed E-state index contributed by atoms with van der Waals surface area (Å²) in [6.45, 7) is 0.649. The summed E-state index contributed by atoms with van der Waals surface area (Å²) in [6.07, 6.45) is 0.860. The van der Waals surface area contributed by atoms with Crippen LogP contribution in [0.15, 0.2) is 53.5 Å². The van der Waals surface area contributed by atoms with Gasteiger partial charge in [-0.05, 0) is 48.4 Å². The molecule has 23 heavy (non-hydrogen) atoms. The SMILES string of the molecule is COc1ccc(NC(N)=NCCc2ccc(N(C)C)cc2)cc1. The molecule has 5 nitrogen and oxygen atoms in total. The van der Waals surface area contributed by atoms with Crippen LogP contribution in [0, 0.1) is 0 Å². The molecule has 2 aromatic carbocycles. The Kier molecular flexibility index (Phi) is 5.86. The first-order valence-electron chi connectivity index (χ1n) is 7.56. The Morgan fingerprint density at radius 2 is 1.74 bits per heavy atom. The number of benzene rings is 2. The minimum atomic E-state index is 0.417. The van der Waals surface area contributed by atoms with Gasteiger partial charge in [0.15, 0.2) is 5.96 Å². The molecule has 2 aromatic rings. The summed E-state index contributed by atoms with van der Waals surface area (Å²) in [5.41, 5.74) is 9.24. The van der Waals surface area contributed by atoms with Crippen LogP contribution in [0.25, 0.3) is 0 Å². The lowest BCUT2D eigenvalue weighted by Crippen LogP contribution is -2.23. The van der Waals surface area contributed by atoms with E-state index in [1.807, 2.05) is 38.4 Å². The third-order valence-corrected chi connectivity index (χ3v) is 3.50. The summed E-state index contributed by atoms with van der Waals surface area (Å²) in [6, 6.07) is 16.0. The Labute approximate surface area is 137 Å². The second kappa shape index (κ2) is 8.08. The number of nitrogens with one attached hydrogen (secondary N) is 1. The maximum atomic E-state index is 5.91. The molecule has 3 N–H and O–H groups in total. The minimum Gasteiger partial charge on any atom is -0.497 e. The van der Waals surface area contributed by atoms with E-state index in [4.69, 9.17) is 10.5 Å². The molecule has 0 fully saturated rings. The number of anilines is 2. The molecule has 2 rings (SSSR count). The average Bonchev–Trinajstić information content (AvgIpc) is 2.56. The van der Waals surface area contributed by atoms with Gasteiger partial charge in [0.2, 0.25) is 0 Å². The zero-order valence-electron chi connectivity index (χ0n) is 13.9. The zero-order chi connectivity index (χ0) is 16.7. The van der Waals surface area contributed by atoms with Crippen LogP contribution < -0.4 is 20.7 Å². The highest BCUT2D eigenvalue weighted by Gasteiger charge is 1.98. The van der Waals surface area contributed by atoms with E-state index in [0.29, 0.717) is 12.5 Å². The topological polar surface area (TPSA) is 62.9 Å². The first-order chi connectivity index (χ1) is 11.1. The van der Waals surface area contributed by atoms with Gasteiger partial charge in [0.05, 0.1) is 7.11 Å². The molecule has 0 aromatic heterocycles. The van der Waals surface area contributed by atoms with Crippen molar-refractivity contribution in [1.29, 1.82) is 0 Å². The van der Waals surface area contributed by atoms with Crippen LogP contribution in [-0.4, -0.2) is 33.7 Å². The first-order valence-corrected chi connectivity index (χ1v) is 7.56. The standard InChI is InChI=1S/C18H24N4O/c1-22(2)16-8-4-14(5-9-16)12-13-20-18(19)21-15-6-10-17(23-3)11-7-15/h4-11H,12-13H2,1-3H3,(H3,19,20,21). The molecule has 0 aliphatic rings. The molecule has 0 saturated heterocycles. The lowest BCUT2D eigenvalue weighted by molar-refractivity contribution is 0.415. The van der Waals surface area contributed by atoms with Gasteiger partial charge >= 0.3 is 0 Å². The van der Waals surface area contributed by atoms with Crippen molar-refractivity contribution in [1.82, 2.24) is 0 Å². The van der Waals surface area contributed by atoms with Gasteiger partial charge in [0.25, 0.3) is 0 Å². The van der Waals surface area contributed by atoms with Crippen molar-refractivity contribution in [3.05, 3.63) is 54.1 Å². The molecule has 5 heteroatoms. The highest BCUT2D eigenvalue weighted by molar-refractivity contribution is 5.92. The number of hydrogen-bond donors (Lipinski definition) is 2. The number of nitrogens with two attached hydrogens (primary N) is 1. The fourth-order valence-corrected chi connectivity index (χ4v) is 2.13. The molecule has 0 aliphatic carbocycles. The number of rotatable bonds is 6. The molecule has 0 radical (unpaired) electrons. The number of nitrogens with zero attached hydrogens (tertiary/aromatic N) is 2. The Morgan fingerprint density at radius 1 is 1.09 bits per heavy atom. The van der Waals surface area contributed by atoms with Crippen LogP contribution in [0.5, 0.6) is 5.75 Å². The molecule has 0 unspecified atom stereocenters. The molecular weight excluding hydrogens is 288 g/mol. The van der Waals surface area contributed by atoms with Gasteiger partial charge in [-0.25, -0.2) is 0 Å². The second-order valence-electron chi connectivity index (χ2n) is 5.43. The smallest absolute Gasteiger partial charge is 0.193 e. The van der Waals surface area contributed by atoms with Gasteiger partial charge in [0.1, 0.15) is 5.75 Å². The monoisotopic (exact) mass is 312 g/mol. The van der Waals surface area contributed by atoms with Crippen molar-refractivity contribution in [2.75, 3.05) is 38.0 Å². The van der Waals surface area contributed by atoms with Gasteiger partial charge in [-0.15, -0.1) is 0 Å². The Morgan fingerprint density at radius 3 is 2.30 bits per heavy atom. The molecule has 0 atom stereocenters. The Hall–Kier alpha value is -2.69. The van der Waals surface area contributed by atoms with Crippen LogP contribution in [-0.2, 0) is 6.42 Å². The van der Waals surface area contributed by atoms with Crippen LogP contribution in [0.1, 0.15) is 5.56 Å². The quantitative estimate of drug-likeness (QED) is 0.636. The molecule has 0 heterocycles. The van der Waals surface area contributed by atoms with Crippen molar-refractivity contribution < 1.29 is 4.74 Å². The average molecular weight is 312 g/mol. The van der Waals surface area contributed by atoms with Crippen LogP contribution in [0.4, 0.5) is 11.4 Å². The summed E-state index contributed by atoms with van der Waals surface area (Å²) in [4.78, 5) is 6.44. The second-order valence-corrected chi connectivity index (χ2v) is 5.43. The molecule has 0 spiro atoms. The fourth-order valence-electron chi connectivity index (χ4n) is 2.13. The van der Waals surface area contributed by atoms with E-state index in [1.54, 1.807) is 7.11 Å².